The van der Waals surface area contributed by atoms with Crippen LogP contribution < -0.4 is 10.1 Å². The van der Waals surface area contributed by atoms with E-state index in [1.807, 2.05) is 25.1 Å². The maximum absolute atomic E-state index is 8.57. The summed E-state index contributed by atoms with van der Waals surface area (Å²) in [6.07, 6.45) is 2.01. The molecule has 96 valence electrons. The van der Waals surface area contributed by atoms with Gasteiger partial charge in [0.15, 0.2) is 0 Å². The molecule has 17 heavy (non-hydrogen) atoms. The summed E-state index contributed by atoms with van der Waals surface area (Å²) in [6, 6.07) is 5.77. The third-order valence-corrected chi connectivity index (χ3v) is 2.69. The molecule has 3 nitrogen and oxygen atoms in total. The van der Waals surface area contributed by atoms with Gasteiger partial charge < -0.3 is 15.2 Å². The van der Waals surface area contributed by atoms with Crippen molar-refractivity contribution in [1.29, 1.82) is 0 Å². The number of ether oxygens (including phenoxy) is 1. The van der Waals surface area contributed by atoms with Gasteiger partial charge in [-0.05, 0) is 44.0 Å². The summed E-state index contributed by atoms with van der Waals surface area (Å²) in [5.41, 5.74) is 1.15. The minimum atomic E-state index is 0.190. The Kier molecular flexibility index (Phi) is 7.01. The molecule has 0 spiro atoms. The maximum atomic E-state index is 8.57. The molecule has 0 aliphatic rings. The second-order valence-corrected chi connectivity index (χ2v) is 4.37. The highest BCUT2D eigenvalue weighted by molar-refractivity contribution is 6.32. The summed E-state index contributed by atoms with van der Waals surface area (Å²) in [7, 11) is 0. The van der Waals surface area contributed by atoms with Crippen LogP contribution >= 0.6 is 11.6 Å². The molecule has 0 saturated heterocycles. The van der Waals surface area contributed by atoms with Gasteiger partial charge in [-0.25, -0.2) is 0 Å². The van der Waals surface area contributed by atoms with Crippen LogP contribution in [0.2, 0.25) is 5.02 Å². The Bertz CT molecular complexity index is 331. The van der Waals surface area contributed by atoms with Crippen LogP contribution in [-0.2, 0) is 0 Å². The van der Waals surface area contributed by atoms with Crippen molar-refractivity contribution in [1.82, 2.24) is 5.32 Å². The normalized spacial score (nSPS) is 10.5. The first-order valence-electron chi connectivity index (χ1n) is 5.94. The smallest absolute Gasteiger partial charge is 0.138 e. The fraction of sp³-hybridized carbons (Fsp3) is 0.538. The predicted octanol–water partition coefficient (Wildman–Crippen LogP) is 2.39. The number of halogens is 1. The van der Waals surface area contributed by atoms with Crippen LogP contribution in [0.15, 0.2) is 18.2 Å². The van der Waals surface area contributed by atoms with Gasteiger partial charge in [0, 0.05) is 6.54 Å². The van der Waals surface area contributed by atoms with Gasteiger partial charge in [0.05, 0.1) is 18.2 Å². The van der Waals surface area contributed by atoms with E-state index in [0.29, 0.717) is 18.2 Å². The van der Waals surface area contributed by atoms with Crippen molar-refractivity contribution >= 4 is 11.6 Å². The minimum Gasteiger partial charge on any atom is -0.492 e. The number of aliphatic hydroxyl groups is 1. The van der Waals surface area contributed by atoms with E-state index in [2.05, 4.69) is 5.32 Å². The first-order chi connectivity index (χ1) is 8.24. The molecule has 1 aromatic rings. The molecule has 1 aromatic carbocycles. The Labute approximate surface area is 108 Å². The van der Waals surface area contributed by atoms with Crippen LogP contribution in [0.4, 0.5) is 0 Å². The molecular weight excluding hydrogens is 238 g/mol. The minimum absolute atomic E-state index is 0.190. The molecule has 0 aromatic heterocycles. The molecule has 0 heterocycles. The van der Waals surface area contributed by atoms with Gasteiger partial charge >= 0.3 is 0 Å². The van der Waals surface area contributed by atoms with Crippen LogP contribution in [0.1, 0.15) is 18.4 Å². The van der Waals surface area contributed by atoms with E-state index >= 15 is 0 Å². The van der Waals surface area contributed by atoms with E-state index in [4.69, 9.17) is 21.4 Å². The van der Waals surface area contributed by atoms with E-state index in [1.54, 1.807) is 0 Å². The van der Waals surface area contributed by atoms with Gasteiger partial charge in [0.25, 0.3) is 0 Å². The lowest BCUT2D eigenvalue weighted by atomic mass is 10.2. The standard InChI is InChI=1S/C13H20ClNO2/c1-11-4-5-12(14)13(10-11)17-9-3-2-6-15-7-8-16/h4-5,10,15-16H,2-3,6-9H2,1H3. The molecule has 0 fully saturated rings. The highest BCUT2D eigenvalue weighted by atomic mass is 35.5. The van der Waals surface area contributed by atoms with Crippen LogP contribution in [0.3, 0.4) is 0 Å². The Morgan fingerprint density at radius 1 is 1.29 bits per heavy atom. The number of rotatable bonds is 8. The highest BCUT2D eigenvalue weighted by Gasteiger charge is 2.01. The van der Waals surface area contributed by atoms with Crippen molar-refractivity contribution in [2.45, 2.75) is 19.8 Å². The fourth-order valence-electron chi connectivity index (χ4n) is 1.46. The zero-order valence-corrected chi connectivity index (χ0v) is 11.0. The molecule has 1 rings (SSSR count). The average molecular weight is 258 g/mol. The zero-order valence-electron chi connectivity index (χ0n) is 10.2. The number of hydrogen-bond acceptors (Lipinski definition) is 3. The summed E-state index contributed by atoms with van der Waals surface area (Å²) in [5, 5.41) is 12.4. The number of aryl methyl sites for hydroxylation is 1. The molecule has 4 heteroatoms. The number of hydrogen-bond donors (Lipinski definition) is 2. The second-order valence-electron chi connectivity index (χ2n) is 3.96. The van der Waals surface area contributed by atoms with Crippen LogP contribution in [0.25, 0.3) is 0 Å². The van der Waals surface area contributed by atoms with Crippen LogP contribution in [0.5, 0.6) is 5.75 Å². The molecule has 0 unspecified atom stereocenters. The van der Waals surface area contributed by atoms with E-state index in [1.165, 1.54) is 0 Å². The lowest BCUT2D eigenvalue weighted by Gasteiger charge is -2.09. The summed E-state index contributed by atoms with van der Waals surface area (Å²) < 4.78 is 5.62. The summed E-state index contributed by atoms with van der Waals surface area (Å²) in [6.45, 7) is 4.44. The molecule has 0 atom stereocenters. The van der Waals surface area contributed by atoms with Crippen molar-refractivity contribution in [3.8, 4) is 5.75 Å². The molecule has 0 amide bonds. The molecule has 0 bridgehead atoms. The first kappa shape index (κ1) is 14.3. The van der Waals surface area contributed by atoms with Crippen molar-refractivity contribution in [3.05, 3.63) is 28.8 Å². The van der Waals surface area contributed by atoms with E-state index in [0.717, 1.165) is 30.7 Å². The highest BCUT2D eigenvalue weighted by Crippen LogP contribution is 2.25. The second kappa shape index (κ2) is 8.34. The number of unbranched alkanes of at least 4 members (excludes halogenated alkanes) is 1. The van der Waals surface area contributed by atoms with E-state index < -0.39 is 0 Å². The van der Waals surface area contributed by atoms with Crippen LogP contribution in [0, 0.1) is 6.92 Å². The quantitative estimate of drug-likeness (QED) is 0.703. The Hall–Kier alpha value is -0.770. The lowest BCUT2D eigenvalue weighted by Crippen LogP contribution is -2.19. The first-order valence-corrected chi connectivity index (χ1v) is 6.32. The van der Waals surface area contributed by atoms with Crippen molar-refractivity contribution in [2.24, 2.45) is 0 Å². The third-order valence-electron chi connectivity index (χ3n) is 2.38. The summed E-state index contributed by atoms with van der Waals surface area (Å²) >= 11 is 6.01. The molecule has 0 aliphatic heterocycles. The largest absolute Gasteiger partial charge is 0.492 e. The van der Waals surface area contributed by atoms with Gasteiger partial charge in [0.2, 0.25) is 0 Å². The van der Waals surface area contributed by atoms with E-state index in [-0.39, 0.29) is 6.61 Å². The lowest BCUT2D eigenvalue weighted by molar-refractivity contribution is 0.286. The Morgan fingerprint density at radius 3 is 2.88 bits per heavy atom. The molecule has 0 saturated carbocycles. The maximum Gasteiger partial charge on any atom is 0.138 e. The summed E-state index contributed by atoms with van der Waals surface area (Å²) in [4.78, 5) is 0. The molecule has 0 radical (unpaired) electrons. The van der Waals surface area contributed by atoms with Gasteiger partial charge in [-0.15, -0.1) is 0 Å². The predicted molar refractivity (Wildman–Crippen MR) is 70.9 cm³/mol. The van der Waals surface area contributed by atoms with Gasteiger partial charge in [-0.1, -0.05) is 17.7 Å². The Morgan fingerprint density at radius 2 is 2.12 bits per heavy atom. The van der Waals surface area contributed by atoms with Crippen molar-refractivity contribution < 1.29 is 9.84 Å². The average Bonchev–Trinajstić information content (AvgIpc) is 2.32. The Balaban J connectivity index is 2.15. The number of benzene rings is 1. The molecule has 2 N–H and O–H groups in total. The van der Waals surface area contributed by atoms with Gasteiger partial charge in [-0.2, -0.15) is 0 Å². The fourth-order valence-corrected chi connectivity index (χ4v) is 1.63. The zero-order chi connectivity index (χ0) is 12.5. The van der Waals surface area contributed by atoms with E-state index in [9.17, 15) is 0 Å². The number of nitrogens with one attached hydrogen (secondary N) is 1. The topological polar surface area (TPSA) is 41.5 Å². The third kappa shape index (κ3) is 5.91. The van der Waals surface area contributed by atoms with Crippen molar-refractivity contribution in [3.63, 3.8) is 0 Å². The van der Waals surface area contributed by atoms with Crippen LogP contribution in [-0.4, -0.2) is 31.4 Å². The van der Waals surface area contributed by atoms with Crippen molar-refractivity contribution in [2.75, 3.05) is 26.3 Å². The van der Waals surface area contributed by atoms with Gasteiger partial charge in [0.1, 0.15) is 5.75 Å². The molecule has 0 aliphatic carbocycles. The summed E-state index contributed by atoms with van der Waals surface area (Å²) in [5.74, 6) is 0.759. The van der Waals surface area contributed by atoms with Gasteiger partial charge in [-0.3, -0.25) is 0 Å². The number of aliphatic hydroxyl groups excluding tert-OH is 1. The molecular formula is C13H20ClNO2. The monoisotopic (exact) mass is 257 g/mol. The SMILES string of the molecule is Cc1ccc(Cl)c(OCCCCNCCO)c1.